The number of pyridine rings is 1. The van der Waals surface area contributed by atoms with Gasteiger partial charge < -0.3 is 9.69 Å². The van der Waals surface area contributed by atoms with Gasteiger partial charge in [0.25, 0.3) is 17.4 Å². The summed E-state index contributed by atoms with van der Waals surface area (Å²) in [5, 5.41) is 0. The number of anilines is 1. The fourth-order valence-corrected chi connectivity index (χ4v) is 6.57. The molecule has 2 aliphatic heterocycles. The molecule has 6 rings (SSSR count). The van der Waals surface area contributed by atoms with Crippen LogP contribution in [0.2, 0.25) is 0 Å². The van der Waals surface area contributed by atoms with Crippen LogP contribution in [0.1, 0.15) is 76.9 Å². The maximum Gasteiger partial charge on any atom is 0.332 e. The van der Waals surface area contributed by atoms with Crippen LogP contribution in [0.15, 0.2) is 75.4 Å². The summed E-state index contributed by atoms with van der Waals surface area (Å²) in [6.45, 7) is 4.92. The number of aromatic nitrogens is 3. The van der Waals surface area contributed by atoms with Crippen LogP contribution >= 0.6 is 0 Å². The number of aliphatic imine (C=N–C) groups is 1. The molecule has 51 heavy (non-hydrogen) atoms. The van der Waals surface area contributed by atoms with Crippen molar-refractivity contribution in [1.29, 1.82) is 0 Å². The number of hydrogen-bond donors (Lipinski definition) is 0. The molecule has 0 radical (unpaired) electrons. The molecule has 2 amide bonds. The lowest BCUT2D eigenvalue weighted by Crippen LogP contribution is -2.41. The predicted molar refractivity (Wildman–Crippen MR) is 188 cm³/mol. The van der Waals surface area contributed by atoms with E-state index in [1.165, 1.54) is 33.2 Å². The van der Waals surface area contributed by atoms with Gasteiger partial charge in [0, 0.05) is 68.5 Å². The third-order valence-electron chi connectivity index (χ3n) is 9.20. The van der Waals surface area contributed by atoms with E-state index in [-0.39, 0.29) is 49.0 Å². The molecule has 0 saturated carbocycles. The Bertz CT molecular complexity index is 2160. The van der Waals surface area contributed by atoms with E-state index in [0.29, 0.717) is 67.1 Å². The van der Waals surface area contributed by atoms with Crippen LogP contribution in [0.25, 0.3) is 0 Å². The van der Waals surface area contributed by atoms with Crippen LogP contribution in [0, 0.1) is 11.6 Å². The van der Waals surface area contributed by atoms with Crippen molar-refractivity contribution < 1.29 is 23.2 Å². The highest BCUT2D eigenvalue weighted by Gasteiger charge is 2.28. The number of carbonyl (C=O) groups excluding carboxylic acids is 3. The third-order valence-corrected chi connectivity index (χ3v) is 9.20. The van der Waals surface area contributed by atoms with Crippen molar-refractivity contribution in [3.63, 3.8) is 0 Å². The molecule has 0 spiro atoms. The first kappa shape index (κ1) is 35.2. The third kappa shape index (κ3) is 7.33. The van der Waals surface area contributed by atoms with Crippen LogP contribution in [-0.2, 0) is 30.7 Å². The Hall–Kier alpha value is -5.59. The lowest BCUT2D eigenvalue weighted by Gasteiger charge is -2.29. The van der Waals surface area contributed by atoms with Gasteiger partial charge in [-0.25, -0.2) is 23.6 Å². The maximum absolute atomic E-state index is 14.2. The van der Waals surface area contributed by atoms with E-state index in [0.717, 1.165) is 24.1 Å². The van der Waals surface area contributed by atoms with E-state index in [2.05, 4.69) is 9.98 Å². The summed E-state index contributed by atoms with van der Waals surface area (Å²) in [7, 11) is 0. The van der Waals surface area contributed by atoms with E-state index in [9.17, 15) is 32.8 Å². The molecule has 0 saturated heterocycles. The topological polar surface area (TPSA) is 127 Å². The Morgan fingerprint density at radius 3 is 2.45 bits per heavy atom. The normalized spacial score (nSPS) is 13.5. The lowest BCUT2D eigenvalue weighted by molar-refractivity contribution is -0.117. The molecule has 2 aliphatic rings. The van der Waals surface area contributed by atoms with Crippen molar-refractivity contribution in [3.8, 4) is 0 Å². The molecule has 0 aliphatic carbocycles. The number of amides is 2. The fourth-order valence-electron chi connectivity index (χ4n) is 6.57. The molecule has 0 fully saturated rings. The van der Waals surface area contributed by atoms with Crippen LogP contribution in [0.3, 0.4) is 0 Å². The number of nitrogens with zero attached hydrogens (tertiary/aromatic N) is 6. The molecule has 11 nitrogen and oxygen atoms in total. The van der Waals surface area contributed by atoms with Crippen LogP contribution < -0.4 is 16.1 Å². The molecule has 264 valence electrons. The second-order valence-electron chi connectivity index (χ2n) is 12.8. The molecule has 0 N–H and O–H groups in total. The van der Waals surface area contributed by atoms with Gasteiger partial charge in [0.2, 0.25) is 0 Å². The molecule has 0 unspecified atom stereocenters. The average molecular weight is 697 g/mol. The smallest absolute Gasteiger partial charge is 0.332 e. The molecular formula is C38H38F2N6O5. The summed E-state index contributed by atoms with van der Waals surface area (Å²) in [4.78, 5) is 77.4. The SMILES string of the molecule is CCCn1c2c(c(=O)n(CCCC(C)=O)c1=O)CC(c1ccc(N(CCCN3CCc4ccccc4C3=O)C(=O)c3ccc(F)c(F)c3)nc1)=N2. The second kappa shape index (κ2) is 15.1. The van der Waals surface area contributed by atoms with Gasteiger partial charge >= 0.3 is 5.69 Å². The van der Waals surface area contributed by atoms with E-state index in [1.807, 2.05) is 25.1 Å². The Kier molecular flexibility index (Phi) is 10.4. The summed E-state index contributed by atoms with van der Waals surface area (Å²) in [5.74, 6) is -2.37. The summed E-state index contributed by atoms with van der Waals surface area (Å²) in [6, 6.07) is 13.7. The van der Waals surface area contributed by atoms with E-state index in [1.54, 1.807) is 23.1 Å². The van der Waals surface area contributed by atoms with Crippen molar-refractivity contribution in [2.75, 3.05) is 24.5 Å². The zero-order valence-electron chi connectivity index (χ0n) is 28.5. The highest BCUT2D eigenvalue weighted by Crippen LogP contribution is 2.27. The van der Waals surface area contributed by atoms with Gasteiger partial charge in [0.05, 0.1) is 11.3 Å². The van der Waals surface area contributed by atoms with E-state index in [4.69, 9.17) is 0 Å². The van der Waals surface area contributed by atoms with Gasteiger partial charge in [0.15, 0.2) is 11.6 Å². The summed E-state index contributed by atoms with van der Waals surface area (Å²) in [6.07, 6.45) is 4.06. The summed E-state index contributed by atoms with van der Waals surface area (Å²) >= 11 is 0. The quantitative estimate of drug-likeness (QED) is 0.196. The van der Waals surface area contributed by atoms with Crippen LogP contribution in [0.4, 0.5) is 20.4 Å². The monoisotopic (exact) mass is 696 g/mol. The molecule has 13 heteroatoms. The first-order valence-corrected chi connectivity index (χ1v) is 17.1. The van der Waals surface area contributed by atoms with E-state index < -0.39 is 28.8 Å². The maximum atomic E-state index is 14.2. The number of carbonyl (C=O) groups is 3. The molecule has 2 aromatic carbocycles. The zero-order valence-corrected chi connectivity index (χ0v) is 28.5. The van der Waals surface area contributed by atoms with Gasteiger partial charge in [-0.05, 0) is 74.6 Å². The second-order valence-corrected chi connectivity index (χ2v) is 12.8. The van der Waals surface area contributed by atoms with Crippen LogP contribution in [0.5, 0.6) is 0 Å². The minimum absolute atomic E-state index is 0.0204. The van der Waals surface area contributed by atoms with Crippen molar-refractivity contribution >= 4 is 34.9 Å². The molecule has 2 aromatic heterocycles. The fraction of sp³-hybridized carbons (Fsp3) is 0.342. The number of fused-ring (bicyclic) bond motifs is 2. The van der Waals surface area contributed by atoms with Gasteiger partial charge in [-0.1, -0.05) is 25.1 Å². The first-order valence-electron chi connectivity index (χ1n) is 17.1. The number of rotatable bonds is 13. The Morgan fingerprint density at radius 2 is 1.73 bits per heavy atom. The van der Waals surface area contributed by atoms with Crippen molar-refractivity contribution in [1.82, 2.24) is 19.0 Å². The Labute approximate surface area is 292 Å². The highest BCUT2D eigenvalue weighted by atomic mass is 19.2. The first-order chi connectivity index (χ1) is 24.6. The number of benzene rings is 2. The largest absolute Gasteiger partial charge is 0.338 e. The van der Waals surface area contributed by atoms with Crippen molar-refractivity contribution in [2.24, 2.45) is 4.99 Å². The van der Waals surface area contributed by atoms with Crippen LogP contribution in [-0.4, -0.2) is 62.0 Å². The number of halogens is 2. The molecule has 0 bridgehead atoms. The Balaban J connectivity index is 1.24. The predicted octanol–water partition coefficient (Wildman–Crippen LogP) is 4.87. The van der Waals surface area contributed by atoms with Crippen molar-refractivity contribution in [3.05, 3.63) is 121 Å². The molecule has 0 atom stereocenters. The van der Waals surface area contributed by atoms with Gasteiger partial charge in [0.1, 0.15) is 17.4 Å². The van der Waals surface area contributed by atoms with Gasteiger partial charge in [-0.3, -0.25) is 28.4 Å². The average Bonchev–Trinajstić information content (AvgIpc) is 3.58. The molecule has 4 heterocycles. The number of hydrogen-bond acceptors (Lipinski definition) is 7. The van der Waals surface area contributed by atoms with Gasteiger partial charge in [-0.15, -0.1) is 0 Å². The van der Waals surface area contributed by atoms with E-state index >= 15 is 0 Å². The van der Waals surface area contributed by atoms with Crippen molar-refractivity contribution in [2.45, 2.75) is 65.5 Å². The number of ketones is 1. The molecule has 4 aromatic rings. The lowest BCUT2D eigenvalue weighted by atomic mass is 9.99. The molecular weight excluding hydrogens is 658 g/mol. The summed E-state index contributed by atoms with van der Waals surface area (Å²) < 4.78 is 30.6. The zero-order chi connectivity index (χ0) is 36.2. The number of Topliss-reactive ketones (excluding diaryl/α,β-unsaturated/α-hetero) is 1. The minimum atomic E-state index is -1.15. The standard InChI is InChI=1S/C38H38F2N6O5/c1-3-16-45-34-29(37(50)46(38(45)51)18-6-8-24(2)47)22-32(42-34)27-12-14-33(41-23-27)44(35(48)26-11-13-30(39)31(40)21-26)19-7-17-43-20-15-25-9-4-5-10-28(25)36(43)49/h4-5,9-14,21,23H,3,6-8,15-20,22H2,1-2H3. The minimum Gasteiger partial charge on any atom is -0.338 e. The van der Waals surface area contributed by atoms with Gasteiger partial charge in [-0.2, -0.15) is 0 Å². The summed E-state index contributed by atoms with van der Waals surface area (Å²) in [5.41, 5.74) is 2.17. The Morgan fingerprint density at radius 1 is 0.922 bits per heavy atom. The highest BCUT2D eigenvalue weighted by molar-refractivity contribution is 6.07.